The third kappa shape index (κ3) is 4.72. The molecule has 0 saturated heterocycles. The smallest absolute Gasteiger partial charge is 0.294 e. The molecule has 0 aliphatic heterocycles. The molecule has 1 N–H and O–H groups in total. The molecule has 3 rings (SSSR count). The number of rotatable bonds is 9. The average Bonchev–Trinajstić information content (AvgIpc) is 2.64. The van der Waals surface area contributed by atoms with Gasteiger partial charge in [-0.05, 0) is 31.0 Å². The molecule has 0 spiro atoms. The summed E-state index contributed by atoms with van der Waals surface area (Å²) in [5, 5.41) is 20.0. The maximum absolute atomic E-state index is 12.7. The Labute approximate surface area is 167 Å². The Morgan fingerprint density at radius 3 is 2.57 bits per heavy atom. The number of benzene rings is 2. The molecular formula is C19H18BrNO7. The third-order valence-corrected chi connectivity index (χ3v) is 4.69. The number of phenolic OH excluding ortho intramolecular Hbond substituents is 1. The van der Waals surface area contributed by atoms with E-state index in [2.05, 4.69) is 20.8 Å². The lowest BCUT2D eigenvalue weighted by Crippen LogP contribution is -2.04. The largest absolute Gasteiger partial charge is 0.507 e. The highest BCUT2D eigenvalue weighted by Crippen LogP contribution is 2.31. The molecule has 2 aromatic carbocycles. The Bertz CT molecular complexity index is 1060. The number of halogens is 1. The van der Waals surface area contributed by atoms with E-state index >= 15 is 0 Å². The molecule has 0 radical (unpaired) electrons. The van der Waals surface area contributed by atoms with Crippen LogP contribution >= 0.6 is 15.9 Å². The topological polar surface area (TPSA) is 112 Å². The van der Waals surface area contributed by atoms with E-state index in [4.69, 9.17) is 9.15 Å². The number of hydrogen-bond donors (Lipinski definition) is 1. The lowest BCUT2D eigenvalue weighted by molar-refractivity contribution is -0.757. The van der Waals surface area contributed by atoms with Crippen LogP contribution in [0.1, 0.15) is 25.7 Å². The zero-order valence-corrected chi connectivity index (χ0v) is 16.4. The summed E-state index contributed by atoms with van der Waals surface area (Å²) in [6.07, 6.45) is 2.96. The van der Waals surface area contributed by atoms with Crippen molar-refractivity contribution in [2.24, 2.45) is 0 Å². The van der Waals surface area contributed by atoms with Crippen molar-refractivity contribution < 1.29 is 24.2 Å². The van der Waals surface area contributed by atoms with Crippen LogP contribution in [-0.4, -0.2) is 23.4 Å². The molecule has 0 unspecified atom stereocenters. The molecule has 28 heavy (non-hydrogen) atoms. The van der Waals surface area contributed by atoms with Gasteiger partial charge in [0.25, 0.3) is 5.09 Å². The van der Waals surface area contributed by atoms with Crippen molar-refractivity contribution in [3.8, 4) is 11.5 Å². The van der Waals surface area contributed by atoms with Gasteiger partial charge in [-0.1, -0.05) is 28.8 Å². The van der Waals surface area contributed by atoms with Crippen molar-refractivity contribution >= 4 is 37.9 Å². The molecule has 0 aliphatic rings. The van der Waals surface area contributed by atoms with Crippen LogP contribution in [0, 0.1) is 10.1 Å². The van der Waals surface area contributed by atoms with E-state index in [1.54, 1.807) is 24.3 Å². The first kappa shape index (κ1) is 19.9. The maximum Gasteiger partial charge on any atom is 0.294 e. The molecule has 8 nitrogen and oxygen atoms in total. The SMILES string of the molecule is O=c1c2cc(Br)ccc2oc2cc(OCCCCCCO[N+](=O)[O-])cc(O)c12. The van der Waals surface area contributed by atoms with Crippen molar-refractivity contribution in [3.63, 3.8) is 0 Å². The molecule has 0 aliphatic carbocycles. The van der Waals surface area contributed by atoms with Crippen molar-refractivity contribution in [3.05, 3.63) is 55.1 Å². The highest BCUT2D eigenvalue weighted by atomic mass is 79.9. The summed E-state index contributed by atoms with van der Waals surface area (Å²) < 4.78 is 12.2. The molecule has 3 aromatic rings. The zero-order chi connectivity index (χ0) is 20.1. The molecule has 148 valence electrons. The minimum absolute atomic E-state index is 0.0932. The van der Waals surface area contributed by atoms with Gasteiger partial charge in [-0.3, -0.25) is 4.79 Å². The van der Waals surface area contributed by atoms with Gasteiger partial charge in [-0.2, -0.15) is 0 Å². The number of phenols is 1. The summed E-state index contributed by atoms with van der Waals surface area (Å²) in [5.74, 6) is 0.210. The van der Waals surface area contributed by atoms with Crippen LogP contribution in [0.4, 0.5) is 0 Å². The molecule has 0 fully saturated rings. The summed E-state index contributed by atoms with van der Waals surface area (Å²) in [6.45, 7) is 0.502. The fraction of sp³-hybridized carbons (Fsp3) is 0.316. The molecule has 0 atom stereocenters. The van der Waals surface area contributed by atoms with Crippen LogP contribution in [0.3, 0.4) is 0 Å². The molecule has 0 amide bonds. The van der Waals surface area contributed by atoms with E-state index in [9.17, 15) is 20.0 Å². The predicted octanol–water partition coefficient (Wildman–Crippen LogP) is 4.56. The van der Waals surface area contributed by atoms with Crippen LogP contribution in [0.5, 0.6) is 11.5 Å². The highest BCUT2D eigenvalue weighted by molar-refractivity contribution is 9.10. The fourth-order valence-electron chi connectivity index (χ4n) is 2.88. The summed E-state index contributed by atoms with van der Waals surface area (Å²) in [4.78, 5) is 26.9. The predicted molar refractivity (Wildman–Crippen MR) is 106 cm³/mol. The van der Waals surface area contributed by atoms with Gasteiger partial charge in [-0.25, -0.2) is 0 Å². The lowest BCUT2D eigenvalue weighted by atomic mass is 10.1. The first-order valence-corrected chi connectivity index (χ1v) is 9.54. The number of hydrogen-bond acceptors (Lipinski definition) is 7. The number of aromatic hydroxyl groups is 1. The minimum atomic E-state index is -0.796. The summed E-state index contributed by atoms with van der Waals surface area (Å²) in [7, 11) is 0. The lowest BCUT2D eigenvalue weighted by Gasteiger charge is -2.09. The monoisotopic (exact) mass is 451 g/mol. The minimum Gasteiger partial charge on any atom is -0.507 e. The fourth-order valence-corrected chi connectivity index (χ4v) is 3.24. The molecule has 1 aromatic heterocycles. The Morgan fingerprint density at radius 2 is 1.82 bits per heavy atom. The standard InChI is InChI=1S/C19H18BrNO7/c20-12-5-6-16-14(9-12)19(23)18-15(22)10-13(11-17(18)28-16)26-7-3-1-2-4-8-27-21(24)25/h5-6,9-11,22H,1-4,7-8H2. The van der Waals surface area contributed by atoms with Crippen LogP contribution < -0.4 is 10.2 Å². The van der Waals surface area contributed by atoms with Crippen LogP contribution in [0.25, 0.3) is 21.9 Å². The highest BCUT2D eigenvalue weighted by Gasteiger charge is 2.14. The second kappa shape index (κ2) is 8.92. The maximum atomic E-state index is 12.7. The van der Waals surface area contributed by atoms with Gasteiger partial charge in [0.15, 0.2) is 0 Å². The van der Waals surface area contributed by atoms with Crippen molar-refractivity contribution in [1.82, 2.24) is 0 Å². The number of nitrogens with zero attached hydrogens (tertiary/aromatic N) is 1. The van der Waals surface area contributed by atoms with Crippen LogP contribution in [0.15, 0.2) is 44.0 Å². The molecule has 1 heterocycles. The van der Waals surface area contributed by atoms with Gasteiger partial charge in [0, 0.05) is 16.6 Å². The number of fused-ring (bicyclic) bond motifs is 2. The molecule has 0 saturated carbocycles. The van der Waals surface area contributed by atoms with Crippen LogP contribution in [-0.2, 0) is 4.84 Å². The van der Waals surface area contributed by atoms with Crippen molar-refractivity contribution in [2.45, 2.75) is 25.7 Å². The Balaban J connectivity index is 1.65. The first-order valence-electron chi connectivity index (χ1n) is 8.75. The third-order valence-electron chi connectivity index (χ3n) is 4.19. The summed E-state index contributed by atoms with van der Waals surface area (Å²) in [6, 6.07) is 8.10. The van der Waals surface area contributed by atoms with E-state index < -0.39 is 5.09 Å². The molecule has 9 heteroatoms. The van der Waals surface area contributed by atoms with Crippen molar-refractivity contribution in [2.75, 3.05) is 13.2 Å². The number of ether oxygens (including phenoxy) is 1. The van der Waals surface area contributed by atoms with Crippen molar-refractivity contribution in [1.29, 1.82) is 0 Å². The van der Waals surface area contributed by atoms with Gasteiger partial charge in [0.2, 0.25) is 5.43 Å². The second-order valence-corrected chi connectivity index (χ2v) is 7.12. The van der Waals surface area contributed by atoms with Gasteiger partial charge in [0.05, 0.1) is 18.6 Å². The normalized spacial score (nSPS) is 11.0. The molecular weight excluding hydrogens is 434 g/mol. The number of unbranched alkanes of at least 4 members (excludes halogenated alkanes) is 3. The first-order chi connectivity index (χ1) is 13.5. The van der Waals surface area contributed by atoms with Crippen LogP contribution in [0.2, 0.25) is 0 Å². The van der Waals surface area contributed by atoms with Gasteiger partial charge >= 0.3 is 0 Å². The quantitative estimate of drug-likeness (QED) is 0.219. The van der Waals surface area contributed by atoms with E-state index in [0.717, 1.165) is 23.7 Å². The van der Waals surface area contributed by atoms with E-state index in [0.29, 0.717) is 29.7 Å². The summed E-state index contributed by atoms with van der Waals surface area (Å²) in [5.41, 5.74) is 0.375. The van der Waals surface area contributed by atoms with Gasteiger partial charge < -0.3 is 19.1 Å². The Morgan fingerprint density at radius 1 is 1.07 bits per heavy atom. The Hall–Kier alpha value is -2.81. The second-order valence-electron chi connectivity index (χ2n) is 6.21. The van der Waals surface area contributed by atoms with E-state index in [-0.39, 0.29) is 28.8 Å². The van der Waals surface area contributed by atoms with Gasteiger partial charge in [-0.15, -0.1) is 10.1 Å². The molecule has 0 bridgehead atoms. The average molecular weight is 452 g/mol. The van der Waals surface area contributed by atoms with E-state index in [1.165, 1.54) is 6.07 Å². The van der Waals surface area contributed by atoms with E-state index in [1.807, 2.05) is 0 Å². The van der Waals surface area contributed by atoms with Gasteiger partial charge in [0.1, 0.15) is 28.1 Å². The zero-order valence-electron chi connectivity index (χ0n) is 14.9. The summed E-state index contributed by atoms with van der Waals surface area (Å²) >= 11 is 3.32. The Kier molecular flexibility index (Phi) is 6.35.